The van der Waals surface area contributed by atoms with E-state index in [2.05, 4.69) is 5.32 Å². The van der Waals surface area contributed by atoms with Gasteiger partial charge in [-0.25, -0.2) is 4.79 Å². The van der Waals surface area contributed by atoms with E-state index in [0.29, 0.717) is 32.4 Å². The highest BCUT2D eigenvalue weighted by atomic mass is 16.3. The van der Waals surface area contributed by atoms with Crippen molar-refractivity contribution in [3.63, 3.8) is 0 Å². The molecule has 0 aromatic heterocycles. The summed E-state index contributed by atoms with van der Waals surface area (Å²) in [6, 6.07) is -1.25. The first-order chi connectivity index (χ1) is 8.71. The minimum absolute atomic E-state index is 0.108. The van der Waals surface area contributed by atoms with E-state index in [4.69, 9.17) is 5.73 Å². The molecule has 0 aromatic rings. The third kappa shape index (κ3) is 5.06. The van der Waals surface area contributed by atoms with Crippen LogP contribution in [0.3, 0.4) is 0 Å². The predicted molar refractivity (Wildman–Crippen MR) is 72.4 cm³/mol. The Labute approximate surface area is 114 Å². The zero-order valence-electron chi connectivity index (χ0n) is 12.0. The van der Waals surface area contributed by atoms with Crippen LogP contribution in [-0.4, -0.2) is 46.7 Å². The second kappa shape index (κ2) is 6.23. The lowest BCUT2D eigenvalue weighted by Gasteiger charge is -2.37. The SMILES string of the molecule is CC(C)CC(NC(N)=O)C(=O)N1CCC(C)(O)CC1. The summed E-state index contributed by atoms with van der Waals surface area (Å²) >= 11 is 0. The van der Waals surface area contributed by atoms with E-state index in [-0.39, 0.29) is 11.8 Å². The molecule has 1 unspecified atom stereocenters. The number of likely N-dealkylation sites (tertiary alicyclic amines) is 1. The fourth-order valence-electron chi connectivity index (χ4n) is 2.29. The van der Waals surface area contributed by atoms with E-state index in [1.807, 2.05) is 13.8 Å². The van der Waals surface area contributed by atoms with E-state index in [9.17, 15) is 14.7 Å². The summed E-state index contributed by atoms with van der Waals surface area (Å²) in [4.78, 5) is 25.0. The predicted octanol–water partition coefficient (Wildman–Crippen LogP) is 0.443. The van der Waals surface area contributed by atoms with Gasteiger partial charge in [-0.3, -0.25) is 4.79 Å². The van der Waals surface area contributed by atoms with Crippen LogP contribution in [0.15, 0.2) is 0 Å². The van der Waals surface area contributed by atoms with E-state index in [1.54, 1.807) is 11.8 Å². The Morgan fingerprint density at radius 2 is 1.89 bits per heavy atom. The van der Waals surface area contributed by atoms with Gasteiger partial charge in [0.2, 0.25) is 5.91 Å². The summed E-state index contributed by atoms with van der Waals surface area (Å²) in [6.45, 7) is 6.79. The Balaban J connectivity index is 2.63. The molecular formula is C13H25N3O3. The number of piperidine rings is 1. The van der Waals surface area contributed by atoms with E-state index in [1.165, 1.54) is 0 Å². The van der Waals surface area contributed by atoms with Crippen molar-refractivity contribution in [2.75, 3.05) is 13.1 Å². The van der Waals surface area contributed by atoms with Crippen molar-refractivity contribution in [3.8, 4) is 0 Å². The molecule has 0 radical (unpaired) electrons. The molecule has 1 saturated heterocycles. The number of carbonyl (C=O) groups excluding carboxylic acids is 2. The molecule has 19 heavy (non-hydrogen) atoms. The molecule has 1 aliphatic heterocycles. The van der Waals surface area contributed by atoms with Crippen LogP contribution >= 0.6 is 0 Å². The number of nitrogens with zero attached hydrogens (tertiary/aromatic N) is 1. The molecule has 3 amide bonds. The molecule has 0 spiro atoms. The summed E-state index contributed by atoms with van der Waals surface area (Å²) in [5.74, 6) is 0.177. The van der Waals surface area contributed by atoms with Gasteiger partial charge in [0.1, 0.15) is 6.04 Å². The molecule has 1 heterocycles. The average molecular weight is 271 g/mol. The number of hydrogen-bond donors (Lipinski definition) is 3. The van der Waals surface area contributed by atoms with Crippen molar-refractivity contribution >= 4 is 11.9 Å². The number of hydrogen-bond acceptors (Lipinski definition) is 3. The molecule has 6 nitrogen and oxygen atoms in total. The van der Waals surface area contributed by atoms with E-state index < -0.39 is 17.7 Å². The Morgan fingerprint density at radius 3 is 2.32 bits per heavy atom. The number of urea groups is 1. The van der Waals surface area contributed by atoms with Crippen LogP contribution in [0.4, 0.5) is 4.79 Å². The third-order valence-corrected chi connectivity index (χ3v) is 3.47. The van der Waals surface area contributed by atoms with Crippen molar-refractivity contribution in [3.05, 3.63) is 0 Å². The van der Waals surface area contributed by atoms with Gasteiger partial charge in [-0.1, -0.05) is 13.8 Å². The van der Waals surface area contributed by atoms with Crippen molar-refractivity contribution in [1.82, 2.24) is 10.2 Å². The molecule has 1 aliphatic rings. The standard InChI is InChI=1S/C13H25N3O3/c1-9(2)8-10(15-12(14)18)11(17)16-6-4-13(3,19)5-7-16/h9-10,19H,4-8H2,1-3H3,(H3,14,15,18). The van der Waals surface area contributed by atoms with Gasteiger partial charge in [0.15, 0.2) is 0 Å². The average Bonchev–Trinajstić information content (AvgIpc) is 2.26. The van der Waals surface area contributed by atoms with Crippen molar-refractivity contribution in [2.24, 2.45) is 11.7 Å². The van der Waals surface area contributed by atoms with Gasteiger partial charge in [-0.2, -0.15) is 0 Å². The number of nitrogens with two attached hydrogens (primary N) is 1. The van der Waals surface area contributed by atoms with Gasteiger partial charge >= 0.3 is 6.03 Å². The van der Waals surface area contributed by atoms with Crippen LogP contribution in [0.1, 0.15) is 40.0 Å². The summed E-state index contributed by atoms with van der Waals surface area (Å²) < 4.78 is 0. The smallest absolute Gasteiger partial charge is 0.312 e. The summed E-state index contributed by atoms with van der Waals surface area (Å²) in [6.07, 6.45) is 1.68. The Hall–Kier alpha value is -1.30. The molecule has 6 heteroatoms. The first-order valence-electron chi connectivity index (χ1n) is 6.78. The maximum Gasteiger partial charge on any atom is 0.312 e. The molecule has 1 atom stereocenters. The van der Waals surface area contributed by atoms with Crippen LogP contribution in [0.2, 0.25) is 0 Å². The molecule has 0 aromatic carbocycles. The lowest BCUT2D eigenvalue weighted by Crippen LogP contribution is -2.54. The monoisotopic (exact) mass is 271 g/mol. The molecule has 0 aliphatic carbocycles. The normalized spacial score (nSPS) is 20.2. The number of nitrogens with one attached hydrogen (secondary N) is 1. The quantitative estimate of drug-likeness (QED) is 0.692. The largest absolute Gasteiger partial charge is 0.390 e. The highest BCUT2D eigenvalue weighted by molar-refractivity contribution is 5.86. The van der Waals surface area contributed by atoms with Gasteiger partial charge in [-0.05, 0) is 32.1 Å². The minimum atomic E-state index is -0.693. The first kappa shape index (κ1) is 15.8. The number of amides is 3. The number of aliphatic hydroxyl groups is 1. The Morgan fingerprint density at radius 1 is 1.37 bits per heavy atom. The zero-order valence-corrected chi connectivity index (χ0v) is 12.0. The topological polar surface area (TPSA) is 95.7 Å². The van der Waals surface area contributed by atoms with E-state index in [0.717, 1.165) is 0 Å². The number of primary amides is 1. The molecule has 0 bridgehead atoms. The van der Waals surface area contributed by atoms with Crippen molar-refractivity contribution < 1.29 is 14.7 Å². The zero-order chi connectivity index (χ0) is 14.6. The van der Waals surface area contributed by atoms with Crippen LogP contribution in [0.25, 0.3) is 0 Å². The van der Waals surface area contributed by atoms with Crippen molar-refractivity contribution in [2.45, 2.75) is 51.7 Å². The summed E-state index contributed by atoms with van der Waals surface area (Å²) in [7, 11) is 0. The van der Waals surface area contributed by atoms with Gasteiger partial charge in [0.05, 0.1) is 5.60 Å². The van der Waals surface area contributed by atoms with Gasteiger partial charge in [0, 0.05) is 13.1 Å². The number of rotatable bonds is 4. The maximum absolute atomic E-state index is 12.4. The summed E-state index contributed by atoms with van der Waals surface area (Å²) in [5, 5.41) is 12.4. The van der Waals surface area contributed by atoms with Crippen molar-refractivity contribution in [1.29, 1.82) is 0 Å². The second-order valence-electron chi connectivity index (χ2n) is 6.01. The molecule has 1 rings (SSSR count). The Bertz CT molecular complexity index is 332. The minimum Gasteiger partial charge on any atom is -0.390 e. The molecule has 4 N–H and O–H groups in total. The molecular weight excluding hydrogens is 246 g/mol. The fourth-order valence-corrected chi connectivity index (χ4v) is 2.29. The lowest BCUT2D eigenvalue weighted by atomic mass is 9.93. The second-order valence-corrected chi connectivity index (χ2v) is 6.01. The molecule has 110 valence electrons. The third-order valence-electron chi connectivity index (χ3n) is 3.47. The highest BCUT2D eigenvalue weighted by Gasteiger charge is 2.33. The summed E-state index contributed by atoms with van der Waals surface area (Å²) in [5.41, 5.74) is 4.43. The van der Waals surface area contributed by atoms with Crippen LogP contribution in [0.5, 0.6) is 0 Å². The van der Waals surface area contributed by atoms with Gasteiger partial charge < -0.3 is 21.1 Å². The number of carbonyl (C=O) groups is 2. The van der Waals surface area contributed by atoms with E-state index >= 15 is 0 Å². The fraction of sp³-hybridized carbons (Fsp3) is 0.846. The van der Waals surface area contributed by atoms with Crippen LogP contribution in [0, 0.1) is 5.92 Å². The first-order valence-corrected chi connectivity index (χ1v) is 6.78. The van der Waals surface area contributed by atoms with Crippen LogP contribution < -0.4 is 11.1 Å². The molecule has 0 saturated carbocycles. The van der Waals surface area contributed by atoms with Crippen LogP contribution in [-0.2, 0) is 4.79 Å². The lowest BCUT2D eigenvalue weighted by molar-refractivity contribution is -0.137. The maximum atomic E-state index is 12.4. The Kier molecular flexibility index (Phi) is 5.17. The highest BCUT2D eigenvalue weighted by Crippen LogP contribution is 2.22. The van der Waals surface area contributed by atoms with Gasteiger partial charge in [-0.15, -0.1) is 0 Å². The molecule has 1 fully saturated rings. The van der Waals surface area contributed by atoms with Gasteiger partial charge in [0.25, 0.3) is 0 Å².